The molecule has 0 saturated carbocycles. The van der Waals surface area contributed by atoms with E-state index in [-0.39, 0.29) is 31.1 Å². The Bertz CT molecular complexity index is 828. The summed E-state index contributed by atoms with van der Waals surface area (Å²) in [5, 5.41) is 0. The Hall–Kier alpha value is -1.59. The summed E-state index contributed by atoms with van der Waals surface area (Å²) in [5.74, 6) is -0.844. The van der Waals surface area contributed by atoms with Crippen LogP contribution in [0.2, 0.25) is 0 Å². The zero-order chi connectivity index (χ0) is 40.8. The maximum atomic E-state index is 12.7. The minimum atomic E-state index is -0.758. The van der Waals surface area contributed by atoms with Gasteiger partial charge in [0.1, 0.15) is 13.2 Å². The monoisotopic (exact) mass is 793 g/mol. The molecular formula is C50H96O6. The maximum absolute atomic E-state index is 12.7. The number of ether oxygens (including phenoxy) is 3. The van der Waals surface area contributed by atoms with Gasteiger partial charge in [0.15, 0.2) is 6.10 Å². The Morgan fingerprint density at radius 3 is 0.714 bits per heavy atom. The average molecular weight is 793 g/mol. The lowest BCUT2D eigenvalue weighted by Crippen LogP contribution is -2.30. The van der Waals surface area contributed by atoms with Crippen molar-refractivity contribution in [2.75, 3.05) is 13.2 Å². The van der Waals surface area contributed by atoms with Crippen molar-refractivity contribution in [3.63, 3.8) is 0 Å². The Labute approximate surface area is 348 Å². The fraction of sp³-hybridized carbons (Fsp3) is 0.940. The molecule has 0 rings (SSSR count). The fourth-order valence-corrected chi connectivity index (χ4v) is 7.56. The summed E-state index contributed by atoms with van der Waals surface area (Å²) in [6, 6.07) is 0. The summed E-state index contributed by atoms with van der Waals surface area (Å²) in [4.78, 5) is 37.8. The highest BCUT2D eigenvalue weighted by molar-refractivity contribution is 5.71. The number of carbonyl (C=O) groups is 3. The van der Waals surface area contributed by atoms with Crippen LogP contribution in [-0.4, -0.2) is 37.2 Å². The third-order valence-corrected chi connectivity index (χ3v) is 11.4. The number of esters is 3. The Morgan fingerprint density at radius 2 is 0.482 bits per heavy atom. The smallest absolute Gasteiger partial charge is 0.306 e. The first-order valence-electron chi connectivity index (χ1n) is 25.0. The van der Waals surface area contributed by atoms with Crippen molar-refractivity contribution >= 4 is 17.9 Å². The van der Waals surface area contributed by atoms with Crippen molar-refractivity contribution in [2.45, 2.75) is 290 Å². The van der Waals surface area contributed by atoms with E-state index in [2.05, 4.69) is 20.8 Å². The normalized spacial score (nSPS) is 11.8. The molecule has 56 heavy (non-hydrogen) atoms. The number of rotatable bonds is 46. The molecule has 0 aliphatic carbocycles. The molecule has 0 aliphatic rings. The third-order valence-electron chi connectivity index (χ3n) is 11.4. The van der Waals surface area contributed by atoms with Crippen LogP contribution < -0.4 is 0 Å². The van der Waals surface area contributed by atoms with Crippen molar-refractivity contribution < 1.29 is 28.6 Å². The van der Waals surface area contributed by atoms with Crippen LogP contribution in [0.1, 0.15) is 284 Å². The molecule has 0 aromatic heterocycles. The Kier molecular flexibility index (Phi) is 44.8. The number of hydrogen-bond acceptors (Lipinski definition) is 6. The van der Waals surface area contributed by atoms with Crippen molar-refractivity contribution in [3.05, 3.63) is 0 Å². The molecule has 0 fully saturated rings. The van der Waals surface area contributed by atoms with Crippen LogP contribution >= 0.6 is 0 Å². The molecule has 0 radical (unpaired) electrons. The van der Waals surface area contributed by atoms with E-state index >= 15 is 0 Å². The molecule has 0 saturated heterocycles. The quantitative estimate of drug-likeness (QED) is 0.0347. The summed E-state index contributed by atoms with van der Waals surface area (Å²) in [6.07, 6.45) is 47.9. The van der Waals surface area contributed by atoms with Gasteiger partial charge in [0, 0.05) is 19.3 Å². The predicted molar refractivity (Wildman–Crippen MR) is 238 cm³/mol. The minimum absolute atomic E-state index is 0.0620. The Morgan fingerprint density at radius 1 is 0.286 bits per heavy atom. The summed E-state index contributed by atoms with van der Waals surface area (Å²) >= 11 is 0. The molecule has 6 heteroatoms. The lowest BCUT2D eigenvalue weighted by Gasteiger charge is -2.18. The molecule has 1 unspecified atom stereocenters. The van der Waals surface area contributed by atoms with E-state index in [0.29, 0.717) is 19.3 Å². The molecule has 0 spiro atoms. The van der Waals surface area contributed by atoms with Gasteiger partial charge < -0.3 is 14.2 Å². The summed E-state index contributed by atoms with van der Waals surface area (Å²) in [7, 11) is 0. The van der Waals surface area contributed by atoms with Crippen molar-refractivity contribution in [3.8, 4) is 0 Å². The highest BCUT2D eigenvalue weighted by Crippen LogP contribution is 2.16. The van der Waals surface area contributed by atoms with Gasteiger partial charge in [-0.3, -0.25) is 14.4 Å². The van der Waals surface area contributed by atoms with Gasteiger partial charge in [-0.25, -0.2) is 0 Å². The molecule has 0 aliphatic heterocycles. The third kappa shape index (κ3) is 43.5. The minimum Gasteiger partial charge on any atom is -0.462 e. The molecule has 1 atom stereocenters. The van der Waals surface area contributed by atoms with Gasteiger partial charge >= 0.3 is 17.9 Å². The SMILES string of the molecule is CCCCCCCCCCCCCCCCC(=O)OCC(COC(=O)CCCCCCCCCCCCCC)OC(=O)CCCCCCCCCCCCCC. The van der Waals surface area contributed by atoms with Gasteiger partial charge in [-0.15, -0.1) is 0 Å². The van der Waals surface area contributed by atoms with Crippen LogP contribution in [0.25, 0.3) is 0 Å². The zero-order valence-electron chi connectivity index (χ0n) is 37.9. The van der Waals surface area contributed by atoms with E-state index < -0.39 is 6.10 Å². The van der Waals surface area contributed by atoms with Gasteiger partial charge in [0.2, 0.25) is 0 Å². The highest BCUT2D eigenvalue weighted by Gasteiger charge is 2.19. The lowest BCUT2D eigenvalue weighted by atomic mass is 10.0. The first kappa shape index (κ1) is 54.4. The second-order valence-corrected chi connectivity index (χ2v) is 17.1. The molecular weight excluding hydrogens is 697 g/mol. The van der Waals surface area contributed by atoms with Crippen molar-refractivity contribution in [1.82, 2.24) is 0 Å². The number of hydrogen-bond donors (Lipinski definition) is 0. The van der Waals surface area contributed by atoms with E-state index in [9.17, 15) is 14.4 Å². The largest absolute Gasteiger partial charge is 0.462 e. The summed E-state index contributed by atoms with van der Waals surface area (Å²) in [6.45, 7) is 6.67. The average Bonchev–Trinajstić information content (AvgIpc) is 3.19. The van der Waals surface area contributed by atoms with Gasteiger partial charge in [-0.1, -0.05) is 245 Å². The van der Waals surface area contributed by atoms with Gasteiger partial charge in [0.25, 0.3) is 0 Å². The predicted octanol–water partition coefficient (Wildman–Crippen LogP) is 16.0. The van der Waals surface area contributed by atoms with E-state index in [4.69, 9.17) is 14.2 Å². The first-order chi connectivity index (χ1) is 27.5. The lowest BCUT2D eigenvalue weighted by molar-refractivity contribution is -0.167. The van der Waals surface area contributed by atoms with E-state index in [1.807, 2.05) is 0 Å². The standard InChI is InChI=1S/C50H96O6/c1-4-7-10-13-16-19-22-25-26-29-31-34-37-40-43-49(52)55-46-47(56-50(53)44-41-38-35-32-28-24-21-18-15-12-9-6-3)45-54-48(51)42-39-36-33-30-27-23-20-17-14-11-8-5-2/h47H,4-46H2,1-3H3. The van der Waals surface area contributed by atoms with E-state index in [0.717, 1.165) is 57.8 Å². The number of unbranched alkanes of at least 4 members (excludes halogenated alkanes) is 35. The molecule has 6 nitrogen and oxygen atoms in total. The van der Waals surface area contributed by atoms with E-state index in [1.54, 1.807) is 0 Å². The zero-order valence-corrected chi connectivity index (χ0v) is 37.9. The van der Waals surface area contributed by atoms with Gasteiger partial charge in [-0.05, 0) is 19.3 Å². The summed E-state index contributed by atoms with van der Waals surface area (Å²) in [5.41, 5.74) is 0. The van der Waals surface area contributed by atoms with Crippen LogP contribution in [0.5, 0.6) is 0 Å². The molecule has 0 aromatic rings. The Balaban J connectivity index is 4.30. The molecule has 0 bridgehead atoms. The molecule has 0 aromatic carbocycles. The maximum Gasteiger partial charge on any atom is 0.306 e. The van der Waals surface area contributed by atoms with Crippen molar-refractivity contribution in [1.29, 1.82) is 0 Å². The van der Waals surface area contributed by atoms with Crippen LogP contribution in [0.3, 0.4) is 0 Å². The molecule has 0 heterocycles. The first-order valence-corrected chi connectivity index (χ1v) is 25.0. The molecule has 0 amide bonds. The van der Waals surface area contributed by atoms with E-state index in [1.165, 1.54) is 186 Å². The second-order valence-electron chi connectivity index (χ2n) is 17.1. The van der Waals surface area contributed by atoms with Crippen LogP contribution in [0.15, 0.2) is 0 Å². The second kappa shape index (κ2) is 46.1. The topological polar surface area (TPSA) is 78.9 Å². The fourth-order valence-electron chi connectivity index (χ4n) is 7.56. The highest BCUT2D eigenvalue weighted by atomic mass is 16.6. The van der Waals surface area contributed by atoms with Crippen LogP contribution in [0, 0.1) is 0 Å². The molecule has 332 valence electrons. The van der Waals surface area contributed by atoms with Gasteiger partial charge in [-0.2, -0.15) is 0 Å². The van der Waals surface area contributed by atoms with Crippen molar-refractivity contribution in [2.24, 2.45) is 0 Å². The van der Waals surface area contributed by atoms with Gasteiger partial charge in [0.05, 0.1) is 0 Å². The van der Waals surface area contributed by atoms with Crippen LogP contribution in [-0.2, 0) is 28.6 Å². The van der Waals surface area contributed by atoms with Crippen LogP contribution in [0.4, 0.5) is 0 Å². The molecule has 0 N–H and O–H groups in total. The number of carbonyl (C=O) groups excluding carboxylic acids is 3. The summed E-state index contributed by atoms with van der Waals surface area (Å²) < 4.78 is 16.8.